The van der Waals surface area contributed by atoms with Crippen molar-refractivity contribution in [2.75, 3.05) is 13.1 Å². The van der Waals surface area contributed by atoms with Crippen LogP contribution in [0.15, 0.2) is 0 Å². The molecule has 0 rings (SSSR count). The molecule has 0 aromatic rings. The number of carbonyl (C=O) groups excluding carboxylic acids is 2. The molecular weight excluding hydrogens is 130 g/mol. The Balaban J connectivity index is 3.60. The highest BCUT2D eigenvalue weighted by molar-refractivity contribution is 5.73. The van der Waals surface area contributed by atoms with Crippen molar-refractivity contribution in [3.8, 4) is 0 Å². The predicted molar refractivity (Wildman–Crippen MR) is 38.6 cm³/mol. The average Bonchev–Trinajstić information content (AvgIpc) is 1.89. The van der Waals surface area contributed by atoms with Crippen molar-refractivity contribution in [1.29, 1.82) is 0 Å². The van der Waals surface area contributed by atoms with E-state index < -0.39 is 0 Å². The number of aldehydes is 1. The molecule has 0 aliphatic heterocycles. The molecule has 0 radical (unpaired) electrons. The summed E-state index contributed by atoms with van der Waals surface area (Å²) in [4.78, 5) is 22.2. The van der Waals surface area contributed by atoms with Gasteiger partial charge < -0.3 is 9.69 Å². The van der Waals surface area contributed by atoms with Gasteiger partial charge in [-0.25, -0.2) is 0 Å². The fraction of sp³-hybridized carbons (Fsp3) is 0.714. The Bertz CT molecular complexity index is 123. The van der Waals surface area contributed by atoms with Gasteiger partial charge in [-0.2, -0.15) is 0 Å². The van der Waals surface area contributed by atoms with Crippen LogP contribution >= 0.6 is 0 Å². The van der Waals surface area contributed by atoms with E-state index in [-0.39, 0.29) is 5.91 Å². The van der Waals surface area contributed by atoms with Crippen molar-refractivity contribution < 1.29 is 9.59 Å². The van der Waals surface area contributed by atoms with Gasteiger partial charge in [0.1, 0.15) is 6.29 Å². The highest BCUT2D eigenvalue weighted by atomic mass is 16.2. The summed E-state index contributed by atoms with van der Waals surface area (Å²) in [7, 11) is 0. The number of hydrogen-bond acceptors (Lipinski definition) is 2. The lowest BCUT2D eigenvalue weighted by Gasteiger charge is -2.16. The van der Waals surface area contributed by atoms with E-state index in [1.807, 2.05) is 6.92 Å². The maximum absolute atomic E-state index is 10.7. The standard InChI is InChI=1S/C7H13NO2/c1-3-8(7(2)10)5-4-6-9/h6H,3-5H2,1-2H3. The predicted octanol–water partition coefficient (Wildman–Crippen LogP) is 0.444. The van der Waals surface area contributed by atoms with Crippen LogP contribution in [0.3, 0.4) is 0 Å². The summed E-state index contributed by atoms with van der Waals surface area (Å²) >= 11 is 0. The molecule has 0 aromatic carbocycles. The minimum absolute atomic E-state index is 0.0318. The number of rotatable bonds is 4. The van der Waals surface area contributed by atoms with E-state index in [0.717, 1.165) is 6.29 Å². The summed E-state index contributed by atoms with van der Waals surface area (Å²) in [5.74, 6) is 0.0318. The maximum Gasteiger partial charge on any atom is 0.219 e. The Morgan fingerprint density at radius 1 is 1.60 bits per heavy atom. The van der Waals surface area contributed by atoms with Crippen molar-refractivity contribution in [1.82, 2.24) is 4.90 Å². The van der Waals surface area contributed by atoms with E-state index in [2.05, 4.69) is 0 Å². The molecule has 0 unspecified atom stereocenters. The smallest absolute Gasteiger partial charge is 0.219 e. The lowest BCUT2D eigenvalue weighted by molar-refractivity contribution is -0.128. The third-order valence-electron chi connectivity index (χ3n) is 1.34. The van der Waals surface area contributed by atoms with Gasteiger partial charge in [0.15, 0.2) is 0 Å². The zero-order chi connectivity index (χ0) is 7.98. The minimum Gasteiger partial charge on any atom is -0.343 e. The van der Waals surface area contributed by atoms with Gasteiger partial charge in [0.25, 0.3) is 0 Å². The Morgan fingerprint density at radius 2 is 2.20 bits per heavy atom. The number of amides is 1. The summed E-state index contributed by atoms with van der Waals surface area (Å²) in [5.41, 5.74) is 0. The first-order valence-corrected chi connectivity index (χ1v) is 3.41. The molecule has 0 saturated carbocycles. The first-order valence-electron chi connectivity index (χ1n) is 3.41. The molecule has 0 fully saturated rings. The van der Waals surface area contributed by atoms with Gasteiger partial charge in [-0.3, -0.25) is 4.79 Å². The zero-order valence-electron chi connectivity index (χ0n) is 6.46. The number of hydrogen-bond donors (Lipinski definition) is 0. The molecule has 0 aliphatic rings. The average molecular weight is 143 g/mol. The summed E-state index contributed by atoms with van der Waals surface area (Å²) in [6.07, 6.45) is 1.26. The van der Waals surface area contributed by atoms with E-state index in [1.165, 1.54) is 6.92 Å². The van der Waals surface area contributed by atoms with E-state index >= 15 is 0 Å². The van der Waals surface area contributed by atoms with Crippen LogP contribution in [0, 0.1) is 0 Å². The Morgan fingerprint density at radius 3 is 2.50 bits per heavy atom. The number of nitrogens with zero attached hydrogens (tertiary/aromatic N) is 1. The monoisotopic (exact) mass is 143 g/mol. The molecule has 10 heavy (non-hydrogen) atoms. The van der Waals surface area contributed by atoms with Crippen molar-refractivity contribution in [3.05, 3.63) is 0 Å². The van der Waals surface area contributed by atoms with E-state index in [1.54, 1.807) is 4.90 Å². The van der Waals surface area contributed by atoms with E-state index in [0.29, 0.717) is 19.5 Å². The second-order valence-corrected chi connectivity index (χ2v) is 2.05. The molecule has 0 bridgehead atoms. The van der Waals surface area contributed by atoms with E-state index in [9.17, 15) is 9.59 Å². The van der Waals surface area contributed by atoms with Crippen LogP contribution in [0.1, 0.15) is 20.3 Å². The van der Waals surface area contributed by atoms with Gasteiger partial charge in [0, 0.05) is 26.4 Å². The molecular formula is C7H13NO2. The third kappa shape index (κ3) is 3.22. The van der Waals surface area contributed by atoms with Gasteiger partial charge in [0.05, 0.1) is 0 Å². The van der Waals surface area contributed by atoms with Crippen LogP contribution < -0.4 is 0 Å². The Kier molecular flexibility index (Phi) is 4.54. The van der Waals surface area contributed by atoms with Crippen LogP contribution in [-0.2, 0) is 9.59 Å². The lowest BCUT2D eigenvalue weighted by atomic mass is 10.4. The third-order valence-corrected chi connectivity index (χ3v) is 1.34. The maximum atomic E-state index is 10.7. The Hall–Kier alpha value is -0.860. The first-order chi connectivity index (χ1) is 4.72. The highest BCUT2D eigenvalue weighted by Crippen LogP contribution is 1.89. The quantitative estimate of drug-likeness (QED) is 0.535. The molecule has 1 amide bonds. The van der Waals surface area contributed by atoms with Crippen LogP contribution in [0.25, 0.3) is 0 Å². The van der Waals surface area contributed by atoms with Crippen LogP contribution in [0.2, 0.25) is 0 Å². The fourth-order valence-electron chi connectivity index (χ4n) is 0.747. The molecule has 58 valence electrons. The zero-order valence-corrected chi connectivity index (χ0v) is 6.46. The molecule has 0 heterocycles. The molecule has 0 aromatic heterocycles. The largest absolute Gasteiger partial charge is 0.343 e. The van der Waals surface area contributed by atoms with Crippen molar-refractivity contribution in [2.45, 2.75) is 20.3 Å². The molecule has 0 saturated heterocycles. The van der Waals surface area contributed by atoms with Gasteiger partial charge >= 0.3 is 0 Å². The van der Waals surface area contributed by atoms with Gasteiger partial charge in [-0.05, 0) is 6.92 Å². The van der Waals surface area contributed by atoms with E-state index in [4.69, 9.17) is 0 Å². The normalized spacial score (nSPS) is 9.00. The Labute approximate surface area is 61.0 Å². The fourth-order valence-corrected chi connectivity index (χ4v) is 0.747. The van der Waals surface area contributed by atoms with Crippen molar-refractivity contribution in [2.24, 2.45) is 0 Å². The topological polar surface area (TPSA) is 37.4 Å². The van der Waals surface area contributed by atoms with Crippen LogP contribution in [0.5, 0.6) is 0 Å². The minimum atomic E-state index is 0.0318. The molecule has 3 heteroatoms. The van der Waals surface area contributed by atoms with Gasteiger partial charge in [0.2, 0.25) is 5.91 Å². The molecule has 0 N–H and O–H groups in total. The summed E-state index contributed by atoms with van der Waals surface area (Å²) < 4.78 is 0. The van der Waals surface area contributed by atoms with Crippen LogP contribution in [0.4, 0.5) is 0 Å². The molecule has 0 spiro atoms. The molecule has 0 aliphatic carbocycles. The highest BCUT2D eigenvalue weighted by Gasteiger charge is 2.02. The summed E-state index contributed by atoms with van der Waals surface area (Å²) in [5, 5.41) is 0. The van der Waals surface area contributed by atoms with Crippen LogP contribution in [-0.4, -0.2) is 30.2 Å². The van der Waals surface area contributed by atoms with Gasteiger partial charge in [-0.1, -0.05) is 0 Å². The van der Waals surface area contributed by atoms with Gasteiger partial charge in [-0.15, -0.1) is 0 Å². The summed E-state index contributed by atoms with van der Waals surface area (Å²) in [6.45, 7) is 4.64. The number of carbonyl (C=O) groups is 2. The molecule has 3 nitrogen and oxygen atoms in total. The summed E-state index contributed by atoms with van der Waals surface area (Å²) in [6, 6.07) is 0. The lowest BCUT2D eigenvalue weighted by Crippen LogP contribution is -2.29. The first kappa shape index (κ1) is 9.14. The van der Waals surface area contributed by atoms with Crippen molar-refractivity contribution >= 4 is 12.2 Å². The SMILES string of the molecule is CCN(CCC=O)C(C)=O. The second-order valence-electron chi connectivity index (χ2n) is 2.05. The molecule has 0 atom stereocenters. The van der Waals surface area contributed by atoms with Crippen molar-refractivity contribution in [3.63, 3.8) is 0 Å². The second kappa shape index (κ2) is 4.97.